The molecule has 0 radical (unpaired) electrons. The molecule has 3 rings (SSSR count). The van der Waals surface area contributed by atoms with Crippen LogP contribution >= 0.6 is 0 Å². The van der Waals surface area contributed by atoms with Crippen LogP contribution in [-0.2, 0) is 29.2 Å². The summed E-state index contributed by atoms with van der Waals surface area (Å²) in [7, 11) is 0. The van der Waals surface area contributed by atoms with Gasteiger partial charge in [0.15, 0.2) is 0 Å². The second kappa shape index (κ2) is 9.03. The van der Waals surface area contributed by atoms with Crippen molar-refractivity contribution >= 4 is 23.0 Å². The Bertz CT molecular complexity index is 953. The number of fused-ring (bicyclic) bond motifs is 1. The van der Waals surface area contributed by atoms with E-state index in [2.05, 4.69) is 20.2 Å². The van der Waals surface area contributed by atoms with Gasteiger partial charge in [-0.05, 0) is 31.5 Å². The number of para-hydroxylation sites is 2. The average molecular weight is 380 g/mol. The van der Waals surface area contributed by atoms with Gasteiger partial charge in [-0.15, -0.1) is 0 Å². The van der Waals surface area contributed by atoms with E-state index in [-0.39, 0.29) is 19.1 Å². The van der Waals surface area contributed by atoms with Crippen LogP contribution in [-0.4, -0.2) is 27.6 Å². The van der Waals surface area contributed by atoms with E-state index in [0.29, 0.717) is 0 Å². The SMILES string of the molecule is CCn1c(CNC(=O)[C@@H](C)NC(=O)OCc2ccccc2)nc2ccccc21. The van der Waals surface area contributed by atoms with E-state index in [1.807, 2.05) is 61.5 Å². The first-order chi connectivity index (χ1) is 13.6. The highest BCUT2D eigenvalue weighted by molar-refractivity contribution is 5.85. The molecule has 7 nitrogen and oxygen atoms in total. The number of benzene rings is 2. The third-order valence-electron chi connectivity index (χ3n) is 4.41. The van der Waals surface area contributed by atoms with Gasteiger partial charge in [0, 0.05) is 6.54 Å². The Hall–Kier alpha value is -3.35. The Morgan fingerprint density at radius 3 is 2.57 bits per heavy atom. The molecule has 28 heavy (non-hydrogen) atoms. The molecule has 1 atom stereocenters. The largest absolute Gasteiger partial charge is 0.445 e. The van der Waals surface area contributed by atoms with E-state index < -0.39 is 12.1 Å². The fourth-order valence-corrected chi connectivity index (χ4v) is 2.94. The molecule has 1 aromatic heterocycles. The van der Waals surface area contributed by atoms with Gasteiger partial charge < -0.3 is 19.9 Å². The summed E-state index contributed by atoms with van der Waals surface area (Å²) in [6, 6.07) is 16.5. The third kappa shape index (κ3) is 4.68. The molecular formula is C21H24N4O3. The first-order valence-corrected chi connectivity index (χ1v) is 9.27. The van der Waals surface area contributed by atoms with Crippen molar-refractivity contribution in [1.82, 2.24) is 20.2 Å². The summed E-state index contributed by atoms with van der Waals surface area (Å²) in [5.74, 6) is 0.474. The highest BCUT2D eigenvalue weighted by Crippen LogP contribution is 2.15. The molecule has 0 aliphatic heterocycles. The second-order valence-corrected chi connectivity index (χ2v) is 6.41. The summed E-state index contributed by atoms with van der Waals surface area (Å²) in [5, 5.41) is 5.36. The minimum atomic E-state index is -0.720. The van der Waals surface area contributed by atoms with E-state index in [9.17, 15) is 9.59 Å². The van der Waals surface area contributed by atoms with Crippen LogP contribution in [0.2, 0.25) is 0 Å². The zero-order valence-electron chi connectivity index (χ0n) is 16.0. The number of nitrogens with one attached hydrogen (secondary N) is 2. The summed E-state index contributed by atoms with van der Waals surface area (Å²) in [6.07, 6.45) is -0.632. The van der Waals surface area contributed by atoms with E-state index in [0.717, 1.165) is 29.0 Å². The van der Waals surface area contributed by atoms with Crippen LogP contribution in [0, 0.1) is 0 Å². The van der Waals surface area contributed by atoms with Gasteiger partial charge in [-0.2, -0.15) is 0 Å². The fraction of sp³-hybridized carbons (Fsp3) is 0.286. The van der Waals surface area contributed by atoms with Crippen molar-refractivity contribution in [1.29, 1.82) is 0 Å². The Labute approximate surface area is 163 Å². The second-order valence-electron chi connectivity index (χ2n) is 6.41. The molecule has 7 heteroatoms. The number of imidazole rings is 1. The van der Waals surface area contributed by atoms with E-state index in [1.165, 1.54) is 0 Å². The van der Waals surface area contributed by atoms with Crippen molar-refractivity contribution < 1.29 is 14.3 Å². The average Bonchev–Trinajstić information content (AvgIpc) is 3.08. The number of aromatic nitrogens is 2. The number of carbonyl (C=O) groups is 2. The third-order valence-corrected chi connectivity index (χ3v) is 4.41. The molecule has 0 unspecified atom stereocenters. The van der Waals surface area contributed by atoms with Gasteiger partial charge in [0.25, 0.3) is 0 Å². The molecule has 0 spiro atoms. The molecule has 2 aromatic carbocycles. The molecule has 0 saturated heterocycles. The van der Waals surface area contributed by atoms with Crippen LogP contribution < -0.4 is 10.6 Å². The number of ether oxygens (including phenoxy) is 1. The zero-order valence-corrected chi connectivity index (χ0v) is 16.0. The van der Waals surface area contributed by atoms with Crippen molar-refractivity contribution in [3.8, 4) is 0 Å². The Kier molecular flexibility index (Phi) is 6.26. The van der Waals surface area contributed by atoms with Crippen molar-refractivity contribution in [2.45, 2.75) is 39.6 Å². The molecule has 0 fully saturated rings. The number of nitrogens with zero attached hydrogens (tertiary/aromatic N) is 2. The van der Waals surface area contributed by atoms with Gasteiger partial charge in [0.1, 0.15) is 18.5 Å². The van der Waals surface area contributed by atoms with Gasteiger partial charge >= 0.3 is 6.09 Å². The number of hydrogen-bond donors (Lipinski definition) is 2. The smallest absolute Gasteiger partial charge is 0.408 e. The number of amides is 2. The maximum Gasteiger partial charge on any atom is 0.408 e. The molecular weight excluding hydrogens is 356 g/mol. The summed E-state index contributed by atoms with van der Waals surface area (Å²) in [5.41, 5.74) is 2.81. The standard InChI is InChI=1S/C21H24N4O3/c1-3-25-18-12-8-7-11-17(18)24-19(25)13-22-20(26)15(2)23-21(27)28-14-16-9-5-4-6-10-16/h4-12,15H,3,13-14H2,1-2H3,(H,22,26)(H,23,27)/t15-/m1/s1. The Balaban J connectivity index is 1.51. The number of hydrogen-bond acceptors (Lipinski definition) is 4. The maximum atomic E-state index is 12.3. The summed E-state index contributed by atoms with van der Waals surface area (Å²) in [6.45, 7) is 4.84. The Morgan fingerprint density at radius 2 is 1.82 bits per heavy atom. The lowest BCUT2D eigenvalue weighted by Crippen LogP contribution is -2.44. The van der Waals surface area contributed by atoms with Crippen molar-refractivity contribution in [2.24, 2.45) is 0 Å². The molecule has 146 valence electrons. The van der Waals surface area contributed by atoms with Crippen LogP contribution in [0.3, 0.4) is 0 Å². The van der Waals surface area contributed by atoms with Crippen molar-refractivity contribution in [3.63, 3.8) is 0 Å². The minimum absolute atomic E-state index is 0.154. The summed E-state index contributed by atoms with van der Waals surface area (Å²) >= 11 is 0. The van der Waals surface area contributed by atoms with Crippen LogP contribution in [0.4, 0.5) is 4.79 Å². The van der Waals surface area contributed by atoms with Gasteiger partial charge in [0.2, 0.25) is 5.91 Å². The number of alkyl carbamates (subject to hydrolysis) is 1. The molecule has 2 N–H and O–H groups in total. The summed E-state index contributed by atoms with van der Waals surface area (Å²) < 4.78 is 7.20. The molecule has 0 aliphatic carbocycles. The van der Waals surface area contributed by atoms with Gasteiger partial charge in [-0.25, -0.2) is 9.78 Å². The number of rotatable bonds is 7. The van der Waals surface area contributed by atoms with Gasteiger partial charge in [-0.3, -0.25) is 4.79 Å². The first kappa shape index (κ1) is 19.4. The predicted octanol–water partition coefficient (Wildman–Crippen LogP) is 2.99. The number of carbonyl (C=O) groups excluding carboxylic acids is 2. The fourth-order valence-electron chi connectivity index (χ4n) is 2.94. The van der Waals surface area contributed by atoms with Gasteiger partial charge in [-0.1, -0.05) is 42.5 Å². The normalized spacial score (nSPS) is 11.8. The van der Waals surface area contributed by atoms with Crippen LogP contribution in [0.25, 0.3) is 11.0 Å². The monoisotopic (exact) mass is 380 g/mol. The topological polar surface area (TPSA) is 85.2 Å². The Morgan fingerprint density at radius 1 is 1.11 bits per heavy atom. The minimum Gasteiger partial charge on any atom is -0.445 e. The lowest BCUT2D eigenvalue weighted by molar-refractivity contribution is -0.122. The maximum absolute atomic E-state index is 12.3. The zero-order chi connectivity index (χ0) is 19.9. The van der Waals surface area contributed by atoms with E-state index >= 15 is 0 Å². The van der Waals surface area contributed by atoms with Crippen LogP contribution in [0.15, 0.2) is 54.6 Å². The van der Waals surface area contributed by atoms with Gasteiger partial charge in [0.05, 0.1) is 17.6 Å². The highest BCUT2D eigenvalue weighted by Gasteiger charge is 2.17. The highest BCUT2D eigenvalue weighted by atomic mass is 16.5. The molecule has 0 aliphatic rings. The van der Waals surface area contributed by atoms with Crippen molar-refractivity contribution in [3.05, 3.63) is 66.0 Å². The van der Waals surface area contributed by atoms with E-state index in [4.69, 9.17) is 4.74 Å². The lowest BCUT2D eigenvalue weighted by atomic mass is 10.2. The van der Waals surface area contributed by atoms with Crippen LogP contribution in [0.5, 0.6) is 0 Å². The number of aryl methyl sites for hydroxylation is 1. The quantitative estimate of drug-likeness (QED) is 0.660. The molecule has 0 bridgehead atoms. The molecule has 3 aromatic rings. The molecule has 2 amide bonds. The predicted molar refractivity (Wildman–Crippen MR) is 106 cm³/mol. The van der Waals surface area contributed by atoms with Crippen LogP contribution in [0.1, 0.15) is 25.2 Å². The first-order valence-electron chi connectivity index (χ1n) is 9.27. The summed E-state index contributed by atoms with van der Waals surface area (Å²) in [4.78, 5) is 28.8. The lowest BCUT2D eigenvalue weighted by Gasteiger charge is -2.14. The van der Waals surface area contributed by atoms with Crippen molar-refractivity contribution in [2.75, 3.05) is 0 Å². The van der Waals surface area contributed by atoms with E-state index in [1.54, 1.807) is 6.92 Å². The molecule has 0 saturated carbocycles. The molecule has 1 heterocycles.